The van der Waals surface area contributed by atoms with Crippen molar-refractivity contribution in [3.05, 3.63) is 29.8 Å². The summed E-state index contributed by atoms with van der Waals surface area (Å²) in [6.07, 6.45) is 6.38. The van der Waals surface area contributed by atoms with Crippen molar-refractivity contribution in [1.82, 2.24) is 10.2 Å². The van der Waals surface area contributed by atoms with Gasteiger partial charge in [-0.15, -0.1) is 11.8 Å². The molecule has 26 heavy (non-hydrogen) atoms. The molecule has 0 bridgehead atoms. The molecular formula is C20H30N2O3S. The van der Waals surface area contributed by atoms with Crippen LogP contribution in [0.2, 0.25) is 0 Å². The molecule has 1 aromatic rings. The molecule has 2 fully saturated rings. The maximum atomic E-state index is 12.1. The molecule has 1 amide bonds. The summed E-state index contributed by atoms with van der Waals surface area (Å²) in [6, 6.07) is 8.87. The van der Waals surface area contributed by atoms with Crippen molar-refractivity contribution >= 4 is 17.7 Å². The van der Waals surface area contributed by atoms with E-state index in [1.165, 1.54) is 10.5 Å². The maximum Gasteiger partial charge on any atom is 0.246 e. The van der Waals surface area contributed by atoms with Crippen molar-refractivity contribution in [3.8, 4) is 0 Å². The molecule has 1 aromatic carbocycles. The first-order valence-corrected chi connectivity index (χ1v) is 10.7. The molecule has 0 aromatic heterocycles. The fraction of sp³-hybridized carbons (Fsp3) is 0.650. The zero-order chi connectivity index (χ0) is 18.4. The average Bonchev–Trinajstić information content (AvgIpc) is 2.65. The van der Waals surface area contributed by atoms with E-state index in [4.69, 9.17) is 9.47 Å². The highest BCUT2D eigenvalue weighted by molar-refractivity contribution is 7.98. The number of carbonyl (C=O) groups is 1. The number of thioether (sulfide) groups is 1. The normalized spacial score (nSPS) is 26.8. The van der Waals surface area contributed by atoms with Crippen LogP contribution in [0.5, 0.6) is 0 Å². The number of rotatable bonds is 6. The zero-order valence-electron chi connectivity index (χ0n) is 15.8. The lowest BCUT2D eigenvalue weighted by molar-refractivity contribution is -0.152. The van der Waals surface area contributed by atoms with Gasteiger partial charge < -0.3 is 14.8 Å². The van der Waals surface area contributed by atoms with Crippen LogP contribution in [0.3, 0.4) is 0 Å². The fourth-order valence-electron chi connectivity index (χ4n) is 4.15. The summed E-state index contributed by atoms with van der Waals surface area (Å²) in [5.41, 5.74) is 1.06. The van der Waals surface area contributed by atoms with Crippen LogP contribution >= 0.6 is 11.8 Å². The fourth-order valence-corrected chi connectivity index (χ4v) is 4.56. The molecule has 1 N–H and O–H groups in total. The third-order valence-corrected chi connectivity index (χ3v) is 6.19. The van der Waals surface area contributed by atoms with E-state index in [9.17, 15) is 4.79 Å². The third-order valence-electron chi connectivity index (χ3n) is 5.44. The van der Waals surface area contributed by atoms with Gasteiger partial charge in [-0.05, 0) is 36.8 Å². The van der Waals surface area contributed by atoms with Crippen LogP contribution in [-0.2, 0) is 20.8 Å². The number of methoxy groups -OCH3 is 1. The van der Waals surface area contributed by atoms with Gasteiger partial charge in [0.2, 0.25) is 5.91 Å². The topological polar surface area (TPSA) is 50.8 Å². The Labute approximate surface area is 160 Å². The monoisotopic (exact) mass is 378 g/mol. The number of nitrogens with one attached hydrogen (secondary N) is 1. The number of benzene rings is 1. The summed E-state index contributed by atoms with van der Waals surface area (Å²) in [7, 11) is 1.55. The molecule has 2 aliphatic rings. The first kappa shape index (κ1) is 19.7. The largest absolute Gasteiger partial charge is 0.375 e. The van der Waals surface area contributed by atoms with Crippen LogP contribution < -0.4 is 5.32 Å². The van der Waals surface area contributed by atoms with E-state index in [1.54, 1.807) is 18.9 Å². The van der Waals surface area contributed by atoms with Gasteiger partial charge in [-0.3, -0.25) is 9.69 Å². The van der Waals surface area contributed by atoms with Gasteiger partial charge in [0, 0.05) is 31.6 Å². The van der Waals surface area contributed by atoms with E-state index in [-0.39, 0.29) is 24.2 Å². The molecule has 0 radical (unpaired) electrons. The molecule has 1 aliphatic heterocycles. The van der Waals surface area contributed by atoms with Crippen LogP contribution in [0.1, 0.15) is 31.2 Å². The van der Waals surface area contributed by atoms with Gasteiger partial charge in [0.15, 0.2) is 0 Å². The Morgan fingerprint density at radius 2 is 2.19 bits per heavy atom. The van der Waals surface area contributed by atoms with E-state index < -0.39 is 0 Å². The Kier molecular flexibility index (Phi) is 6.98. The van der Waals surface area contributed by atoms with Crippen LogP contribution in [0.25, 0.3) is 0 Å². The van der Waals surface area contributed by atoms with Crippen LogP contribution in [0, 0.1) is 0 Å². The summed E-state index contributed by atoms with van der Waals surface area (Å²) in [4.78, 5) is 15.8. The van der Waals surface area contributed by atoms with Crippen molar-refractivity contribution in [2.24, 2.45) is 0 Å². The molecule has 3 rings (SSSR count). The number of ether oxygens (including phenoxy) is 2. The minimum Gasteiger partial charge on any atom is -0.375 e. The van der Waals surface area contributed by atoms with E-state index in [0.29, 0.717) is 0 Å². The number of hydrogen-bond acceptors (Lipinski definition) is 5. The molecule has 1 saturated heterocycles. The smallest absolute Gasteiger partial charge is 0.246 e. The van der Waals surface area contributed by atoms with Gasteiger partial charge in [-0.25, -0.2) is 0 Å². The number of nitrogens with zero attached hydrogens (tertiary/aromatic N) is 1. The first-order chi connectivity index (χ1) is 12.6. The van der Waals surface area contributed by atoms with Gasteiger partial charge in [-0.1, -0.05) is 25.0 Å². The Hall–Kier alpha value is -1.08. The van der Waals surface area contributed by atoms with Gasteiger partial charge in [-0.2, -0.15) is 0 Å². The van der Waals surface area contributed by atoms with Crippen molar-refractivity contribution in [2.45, 2.75) is 48.8 Å². The Morgan fingerprint density at radius 1 is 1.38 bits per heavy atom. The highest BCUT2D eigenvalue weighted by Crippen LogP contribution is 2.35. The van der Waals surface area contributed by atoms with Crippen LogP contribution in [0.15, 0.2) is 29.2 Å². The van der Waals surface area contributed by atoms with Gasteiger partial charge in [0.1, 0.15) is 12.2 Å². The maximum absolute atomic E-state index is 12.1. The molecular weight excluding hydrogens is 348 g/mol. The molecule has 1 heterocycles. The predicted molar refractivity (Wildman–Crippen MR) is 104 cm³/mol. The second kappa shape index (κ2) is 9.22. The minimum atomic E-state index is -0.265. The van der Waals surface area contributed by atoms with Crippen molar-refractivity contribution in [2.75, 3.05) is 39.7 Å². The van der Waals surface area contributed by atoms with E-state index >= 15 is 0 Å². The molecule has 5 nitrogen and oxygen atoms in total. The number of hydrogen-bond donors (Lipinski definition) is 1. The second-order valence-corrected chi connectivity index (χ2v) is 8.15. The SMILES string of the molecule is COCC(=O)N[C@H]1CCCC[C@]12CN(Cc1ccc(SC)cc1)CCO2. The minimum absolute atomic E-state index is 0.0489. The highest BCUT2D eigenvalue weighted by Gasteiger charge is 2.45. The molecule has 1 spiro atoms. The summed E-state index contributed by atoms with van der Waals surface area (Å²) in [5.74, 6) is -0.0489. The Balaban J connectivity index is 1.66. The lowest BCUT2D eigenvalue weighted by Crippen LogP contribution is -2.64. The molecule has 144 valence electrons. The summed E-state index contributed by atoms with van der Waals surface area (Å²) >= 11 is 1.77. The summed E-state index contributed by atoms with van der Waals surface area (Å²) in [6.45, 7) is 3.57. The molecule has 0 unspecified atom stereocenters. The lowest BCUT2D eigenvalue weighted by atomic mass is 9.78. The van der Waals surface area contributed by atoms with E-state index in [2.05, 4.69) is 40.7 Å². The quantitative estimate of drug-likeness (QED) is 0.772. The third kappa shape index (κ3) is 4.80. The zero-order valence-corrected chi connectivity index (χ0v) is 16.6. The average molecular weight is 379 g/mol. The second-order valence-electron chi connectivity index (χ2n) is 7.27. The molecule has 2 atom stereocenters. The van der Waals surface area contributed by atoms with Crippen LogP contribution in [-0.4, -0.2) is 62.1 Å². The summed E-state index contributed by atoms with van der Waals surface area (Å²) < 4.78 is 11.3. The van der Waals surface area contributed by atoms with Crippen molar-refractivity contribution in [3.63, 3.8) is 0 Å². The van der Waals surface area contributed by atoms with Crippen molar-refractivity contribution in [1.29, 1.82) is 0 Å². The molecule has 6 heteroatoms. The predicted octanol–water partition coefficient (Wildman–Crippen LogP) is 2.68. The Morgan fingerprint density at radius 3 is 2.92 bits per heavy atom. The standard InChI is InChI=1S/C20H30N2O3S/c1-24-14-19(23)21-18-5-3-4-10-20(18)15-22(11-12-25-20)13-16-6-8-17(26-2)9-7-16/h6-9,18H,3-5,10-15H2,1-2H3,(H,21,23)/t18-,20-/m0/s1. The molecule has 1 aliphatic carbocycles. The van der Waals surface area contributed by atoms with Crippen LogP contribution in [0.4, 0.5) is 0 Å². The number of amides is 1. The lowest BCUT2D eigenvalue weighted by Gasteiger charge is -2.49. The van der Waals surface area contributed by atoms with Gasteiger partial charge in [0.25, 0.3) is 0 Å². The number of carbonyl (C=O) groups excluding carboxylic acids is 1. The first-order valence-electron chi connectivity index (χ1n) is 9.43. The number of morpholine rings is 1. The van der Waals surface area contributed by atoms with Crippen molar-refractivity contribution < 1.29 is 14.3 Å². The van der Waals surface area contributed by atoms with Gasteiger partial charge in [0.05, 0.1) is 12.6 Å². The van der Waals surface area contributed by atoms with E-state index in [1.807, 2.05) is 0 Å². The van der Waals surface area contributed by atoms with Gasteiger partial charge >= 0.3 is 0 Å². The molecule has 1 saturated carbocycles. The highest BCUT2D eigenvalue weighted by atomic mass is 32.2. The Bertz CT molecular complexity index is 591. The van der Waals surface area contributed by atoms with E-state index in [0.717, 1.165) is 51.9 Å². The summed E-state index contributed by atoms with van der Waals surface area (Å²) in [5, 5.41) is 3.16.